The van der Waals surface area contributed by atoms with Crippen LogP contribution in [0.1, 0.15) is 27.7 Å². The Morgan fingerprint density at radius 3 is 2.88 bits per heavy atom. The molecule has 1 aliphatic rings. The molecule has 1 fully saturated rings. The topological polar surface area (TPSA) is 42.4 Å². The van der Waals surface area contributed by atoms with Crippen molar-refractivity contribution < 1.29 is 9.53 Å². The molecule has 26 heavy (non-hydrogen) atoms. The predicted molar refractivity (Wildman–Crippen MR) is 103 cm³/mol. The number of rotatable bonds is 2. The van der Waals surface area contributed by atoms with Gasteiger partial charge in [0.15, 0.2) is 0 Å². The van der Waals surface area contributed by atoms with Crippen molar-refractivity contribution in [1.29, 1.82) is 0 Å². The summed E-state index contributed by atoms with van der Waals surface area (Å²) >= 11 is 6.09. The first-order valence-corrected chi connectivity index (χ1v) is 9.02. The number of ether oxygens (including phenoxy) is 1. The van der Waals surface area contributed by atoms with Gasteiger partial charge in [0.05, 0.1) is 24.2 Å². The van der Waals surface area contributed by atoms with Crippen LogP contribution in [0.5, 0.6) is 0 Å². The van der Waals surface area contributed by atoms with Crippen molar-refractivity contribution in [2.45, 2.75) is 13.0 Å². The first-order valence-electron chi connectivity index (χ1n) is 8.64. The highest BCUT2D eigenvalue weighted by Gasteiger charge is 2.27. The number of amides is 1. The molecule has 1 aromatic heterocycles. The number of aryl methyl sites for hydroxylation is 1. The van der Waals surface area contributed by atoms with E-state index in [0.717, 1.165) is 22.2 Å². The minimum atomic E-state index is -0.170. The highest BCUT2D eigenvalue weighted by atomic mass is 35.5. The van der Waals surface area contributed by atoms with Crippen LogP contribution in [0.15, 0.2) is 54.6 Å². The average molecular weight is 367 g/mol. The van der Waals surface area contributed by atoms with Gasteiger partial charge in [-0.25, -0.2) is 0 Å². The van der Waals surface area contributed by atoms with Crippen LogP contribution >= 0.6 is 11.6 Å². The van der Waals surface area contributed by atoms with E-state index in [9.17, 15) is 4.79 Å². The van der Waals surface area contributed by atoms with Crippen molar-refractivity contribution in [3.63, 3.8) is 0 Å². The second-order valence-corrected chi connectivity index (χ2v) is 6.93. The van der Waals surface area contributed by atoms with E-state index in [0.29, 0.717) is 30.3 Å². The van der Waals surface area contributed by atoms with Crippen LogP contribution in [0.25, 0.3) is 10.9 Å². The van der Waals surface area contributed by atoms with Crippen molar-refractivity contribution >= 4 is 28.4 Å². The molecule has 4 rings (SSSR count). The predicted octanol–water partition coefficient (Wildman–Crippen LogP) is 4.41. The molecule has 0 N–H and O–H groups in total. The van der Waals surface area contributed by atoms with Crippen molar-refractivity contribution in [2.75, 3.05) is 19.7 Å². The van der Waals surface area contributed by atoms with Gasteiger partial charge < -0.3 is 9.64 Å². The van der Waals surface area contributed by atoms with E-state index < -0.39 is 0 Å². The van der Waals surface area contributed by atoms with Crippen LogP contribution in [0.4, 0.5) is 0 Å². The number of carbonyl (C=O) groups excluding carboxylic acids is 1. The van der Waals surface area contributed by atoms with Gasteiger partial charge in [-0.3, -0.25) is 9.78 Å². The van der Waals surface area contributed by atoms with Gasteiger partial charge in [-0.05, 0) is 36.8 Å². The molecule has 0 bridgehead atoms. The Balaban J connectivity index is 1.63. The Bertz CT molecular complexity index is 973. The zero-order valence-electron chi connectivity index (χ0n) is 14.5. The maximum atomic E-state index is 13.2. The minimum absolute atomic E-state index is 0.0102. The highest BCUT2D eigenvalue weighted by Crippen LogP contribution is 2.26. The smallest absolute Gasteiger partial charge is 0.256 e. The van der Waals surface area contributed by atoms with Crippen LogP contribution in [-0.2, 0) is 4.74 Å². The summed E-state index contributed by atoms with van der Waals surface area (Å²) in [6.07, 6.45) is -0.170. The number of benzene rings is 2. The lowest BCUT2D eigenvalue weighted by Gasteiger charge is -2.33. The summed E-state index contributed by atoms with van der Waals surface area (Å²) in [4.78, 5) is 19.6. The number of halogens is 1. The van der Waals surface area contributed by atoms with Crippen molar-refractivity contribution in [2.24, 2.45) is 0 Å². The van der Waals surface area contributed by atoms with Gasteiger partial charge in [-0.2, -0.15) is 0 Å². The molecule has 0 saturated carbocycles. The van der Waals surface area contributed by atoms with E-state index in [1.165, 1.54) is 0 Å². The quantitative estimate of drug-likeness (QED) is 0.674. The molecule has 1 aliphatic heterocycles. The summed E-state index contributed by atoms with van der Waals surface area (Å²) in [7, 11) is 0. The second kappa shape index (κ2) is 7.06. The van der Waals surface area contributed by atoms with Crippen LogP contribution < -0.4 is 0 Å². The van der Waals surface area contributed by atoms with Crippen LogP contribution in [0.3, 0.4) is 0 Å². The number of fused-ring (bicyclic) bond motifs is 1. The third kappa shape index (κ3) is 3.30. The summed E-state index contributed by atoms with van der Waals surface area (Å²) in [6.45, 7) is 3.50. The van der Waals surface area contributed by atoms with Gasteiger partial charge in [-0.15, -0.1) is 0 Å². The van der Waals surface area contributed by atoms with E-state index >= 15 is 0 Å². The fraction of sp³-hybridized carbons (Fsp3) is 0.238. The van der Waals surface area contributed by atoms with Crippen molar-refractivity contribution in [3.8, 4) is 0 Å². The number of nitrogens with zero attached hydrogens (tertiary/aromatic N) is 2. The molecule has 132 valence electrons. The molecule has 0 aliphatic carbocycles. The maximum absolute atomic E-state index is 13.2. The molecular weight excluding hydrogens is 348 g/mol. The molecule has 2 heterocycles. The summed E-state index contributed by atoms with van der Waals surface area (Å²) in [6, 6.07) is 17.3. The Hall–Kier alpha value is -2.43. The lowest BCUT2D eigenvalue weighted by molar-refractivity contribution is -0.0227. The molecule has 1 amide bonds. The fourth-order valence-corrected chi connectivity index (χ4v) is 3.53. The van der Waals surface area contributed by atoms with Crippen LogP contribution in [0.2, 0.25) is 5.02 Å². The summed E-state index contributed by atoms with van der Waals surface area (Å²) < 4.78 is 5.87. The number of hydrogen-bond acceptors (Lipinski definition) is 3. The van der Waals surface area contributed by atoms with Gasteiger partial charge >= 0.3 is 0 Å². The number of carbonyl (C=O) groups is 1. The van der Waals surface area contributed by atoms with Crippen molar-refractivity contribution in [1.82, 2.24) is 9.88 Å². The van der Waals surface area contributed by atoms with Crippen LogP contribution in [-0.4, -0.2) is 35.5 Å². The van der Waals surface area contributed by atoms with Gasteiger partial charge in [-0.1, -0.05) is 41.9 Å². The van der Waals surface area contributed by atoms with Gasteiger partial charge in [0.2, 0.25) is 0 Å². The van der Waals surface area contributed by atoms with Gasteiger partial charge in [0, 0.05) is 22.6 Å². The molecule has 1 saturated heterocycles. The Morgan fingerprint density at radius 1 is 1.19 bits per heavy atom. The van der Waals surface area contributed by atoms with Gasteiger partial charge in [0.25, 0.3) is 5.91 Å². The maximum Gasteiger partial charge on any atom is 0.256 e. The van der Waals surface area contributed by atoms with E-state index in [-0.39, 0.29) is 12.0 Å². The molecule has 0 spiro atoms. The normalized spacial score (nSPS) is 17.5. The largest absolute Gasteiger partial charge is 0.370 e. The van der Waals surface area contributed by atoms with E-state index in [2.05, 4.69) is 4.98 Å². The third-order valence-corrected chi connectivity index (χ3v) is 4.90. The Morgan fingerprint density at radius 2 is 2.04 bits per heavy atom. The SMILES string of the molecule is Cc1ccc2cccc(C(=O)N3CCOC(c4cccc(Cl)c4)C3)c2n1. The summed E-state index contributed by atoms with van der Waals surface area (Å²) in [5.41, 5.74) is 3.28. The number of pyridine rings is 1. The van der Waals surface area contributed by atoms with Crippen LogP contribution in [0, 0.1) is 6.92 Å². The molecule has 1 atom stereocenters. The lowest BCUT2D eigenvalue weighted by Crippen LogP contribution is -2.42. The first kappa shape index (κ1) is 17.0. The van der Waals surface area contributed by atoms with E-state index in [4.69, 9.17) is 16.3 Å². The Labute approximate surface area is 157 Å². The second-order valence-electron chi connectivity index (χ2n) is 6.50. The lowest BCUT2D eigenvalue weighted by atomic mass is 10.1. The molecule has 0 radical (unpaired) electrons. The highest BCUT2D eigenvalue weighted by molar-refractivity contribution is 6.30. The standard InChI is InChI=1S/C21H19ClN2O2/c1-14-8-9-15-4-3-7-18(20(15)23-14)21(25)24-10-11-26-19(13-24)16-5-2-6-17(22)12-16/h2-9,12,19H,10-11,13H2,1H3. The first-order chi connectivity index (χ1) is 12.6. The monoisotopic (exact) mass is 366 g/mol. The fourth-order valence-electron chi connectivity index (χ4n) is 3.33. The Kier molecular flexibility index (Phi) is 4.62. The average Bonchev–Trinajstić information content (AvgIpc) is 2.67. The molecule has 1 unspecified atom stereocenters. The third-order valence-electron chi connectivity index (χ3n) is 4.66. The zero-order chi connectivity index (χ0) is 18.1. The van der Waals surface area contributed by atoms with E-state index in [1.807, 2.05) is 66.4 Å². The van der Waals surface area contributed by atoms with Crippen molar-refractivity contribution in [3.05, 3.63) is 76.4 Å². The number of para-hydroxylation sites is 1. The molecular formula is C21H19ClN2O2. The minimum Gasteiger partial charge on any atom is -0.370 e. The van der Waals surface area contributed by atoms with Gasteiger partial charge in [0.1, 0.15) is 6.10 Å². The molecule has 3 aromatic rings. The zero-order valence-corrected chi connectivity index (χ0v) is 15.2. The molecule has 5 heteroatoms. The molecule has 2 aromatic carbocycles. The number of morpholine rings is 1. The summed E-state index contributed by atoms with van der Waals surface area (Å²) in [5.74, 6) is -0.0102. The molecule has 4 nitrogen and oxygen atoms in total. The number of aromatic nitrogens is 1. The summed E-state index contributed by atoms with van der Waals surface area (Å²) in [5, 5.41) is 1.64. The van der Waals surface area contributed by atoms with E-state index in [1.54, 1.807) is 0 Å². The number of hydrogen-bond donors (Lipinski definition) is 0.